The smallest absolute Gasteiger partial charge is 0.372 e. The van der Waals surface area contributed by atoms with Crippen molar-refractivity contribution < 1.29 is 27.1 Å². The van der Waals surface area contributed by atoms with Crippen LogP contribution in [0, 0.1) is 0 Å². The Morgan fingerprint density at radius 1 is 1.11 bits per heavy atom. The summed E-state index contributed by atoms with van der Waals surface area (Å²) >= 11 is 0. The van der Waals surface area contributed by atoms with E-state index in [2.05, 4.69) is 0 Å². The molecule has 0 aliphatic rings. The molecular weight excluding hydrogens is 267 g/mol. The van der Waals surface area contributed by atoms with Crippen molar-refractivity contribution in [3.63, 3.8) is 0 Å². The van der Waals surface area contributed by atoms with Gasteiger partial charge in [0.15, 0.2) is 0 Å². The monoisotopic (exact) mass is 282 g/mol. The molecule has 2 atom stereocenters. The fourth-order valence-corrected chi connectivity index (χ4v) is 1.71. The van der Waals surface area contributed by atoms with Crippen LogP contribution in [-0.4, -0.2) is 17.7 Å². The standard InChI is InChI=1S/C13H15F5O/c1-3-8(2)9-4-6-10(7-5-9)12(19,11(14)15)13(16,17)18/h4-8,11,19H,3H2,1-2H3. The molecule has 0 saturated heterocycles. The van der Waals surface area contributed by atoms with Gasteiger partial charge in [0.25, 0.3) is 6.43 Å². The second-order valence-corrected chi connectivity index (χ2v) is 4.50. The summed E-state index contributed by atoms with van der Waals surface area (Å²) in [5.74, 6) is 0.111. The third-order valence-electron chi connectivity index (χ3n) is 3.28. The Morgan fingerprint density at radius 2 is 1.58 bits per heavy atom. The van der Waals surface area contributed by atoms with Gasteiger partial charge < -0.3 is 5.11 Å². The quantitative estimate of drug-likeness (QED) is 0.820. The van der Waals surface area contributed by atoms with E-state index in [-0.39, 0.29) is 5.92 Å². The van der Waals surface area contributed by atoms with Crippen molar-refractivity contribution in [2.75, 3.05) is 0 Å². The third kappa shape index (κ3) is 2.88. The van der Waals surface area contributed by atoms with E-state index in [1.807, 2.05) is 13.8 Å². The SMILES string of the molecule is CCC(C)c1ccc(C(O)(C(F)F)C(F)(F)F)cc1. The van der Waals surface area contributed by atoms with Crippen LogP contribution in [0.2, 0.25) is 0 Å². The molecule has 1 aromatic carbocycles. The van der Waals surface area contributed by atoms with Gasteiger partial charge in [-0.2, -0.15) is 13.2 Å². The van der Waals surface area contributed by atoms with Crippen molar-refractivity contribution in [2.45, 2.75) is 44.4 Å². The van der Waals surface area contributed by atoms with E-state index in [9.17, 15) is 27.1 Å². The number of rotatable bonds is 4. The first kappa shape index (κ1) is 15.9. The number of hydrogen-bond acceptors (Lipinski definition) is 1. The fourth-order valence-electron chi connectivity index (χ4n) is 1.71. The number of halogens is 5. The van der Waals surface area contributed by atoms with Crippen LogP contribution in [0.1, 0.15) is 37.3 Å². The van der Waals surface area contributed by atoms with Crippen LogP contribution in [0.4, 0.5) is 22.0 Å². The van der Waals surface area contributed by atoms with Gasteiger partial charge in [-0.05, 0) is 23.5 Å². The largest absolute Gasteiger partial charge is 0.427 e. The topological polar surface area (TPSA) is 20.2 Å². The molecule has 1 aromatic rings. The van der Waals surface area contributed by atoms with Gasteiger partial charge in [-0.15, -0.1) is 0 Å². The lowest BCUT2D eigenvalue weighted by Gasteiger charge is -2.30. The first-order valence-electron chi connectivity index (χ1n) is 5.82. The minimum atomic E-state index is -5.43. The maximum absolute atomic E-state index is 12.6. The summed E-state index contributed by atoms with van der Waals surface area (Å²) < 4.78 is 63.1. The highest BCUT2D eigenvalue weighted by atomic mass is 19.4. The molecule has 0 aliphatic carbocycles. The zero-order valence-electron chi connectivity index (χ0n) is 10.5. The van der Waals surface area contributed by atoms with E-state index in [1.165, 1.54) is 12.1 Å². The second-order valence-electron chi connectivity index (χ2n) is 4.50. The van der Waals surface area contributed by atoms with Crippen molar-refractivity contribution in [2.24, 2.45) is 0 Å². The van der Waals surface area contributed by atoms with Crippen molar-refractivity contribution in [3.8, 4) is 0 Å². The average molecular weight is 282 g/mol. The van der Waals surface area contributed by atoms with Crippen molar-refractivity contribution in [3.05, 3.63) is 35.4 Å². The van der Waals surface area contributed by atoms with Gasteiger partial charge in [-0.3, -0.25) is 0 Å². The molecule has 0 amide bonds. The maximum Gasteiger partial charge on any atom is 0.427 e. The molecule has 0 aliphatic heterocycles. The Morgan fingerprint density at radius 3 is 1.89 bits per heavy atom. The summed E-state index contributed by atoms with van der Waals surface area (Å²) in [5.41, 5.74) is -4.23. The van der Waals surface area contributed by atoms with E-state index in [0.717, 1.165) is 24.1 Å². The van der Waals surface area contributed by atoms with Crippen molar-refractivity contribution >= 4 is 0 Å². The minimum Gasteiger partial charge on any atom is -0.372 e. The van der Waals surface area contributed by atoms with Gasteiger partial charge in [-0.25, -0.2) is 8.78 Å². The first-order chi connectivity index (χ1) is 8.64. The van der Waals surface area contributed by atoms with E-state index < -0.39 is 23.8 Å². The second kappa shape index (κ2) is 5.45. The van der Waals surface area contributed by atoms with Gasteiger partial charge in [0.1, 0.15) is 0 Å². The predicted octanol–water partition coefficient (Wildman–Crippen LogP) is 4.22. The first-order valence-corrected chi connectivity index (χ1v) is 5.82. The average Bonchev–Trinajstić information content (AvgIpc) is 2.35. The molecule has 0 spiro atoms. The van der Waals surface area contributed by atoms with Crippen LogP contribution in [0.25, 0.3) is 0 Å². The molecule has 0 radical (unpaired) electrons. The van der Waals surface area contributed by atoms with E-state index in [1.54, 1.807) is 0 Å². The Hall–Kier alpha value is -1.17. The predicted molar refractivity (Wildman–Crippen MR) is 61.1 cm³/mol. The Bertz CT molecular complexity index is 412. The number of aliphatic hydroxyl groups is 1. The summed E-state index contributed by atoms with van der Waals surface area (Å²) in [6.45, 7) is 3.78. The molecule has 1 N–H and O–H groups in total. The normalized spacial score (nSPS) is 17.3. The highest BCUT2D eigenvalue weighted by Crippen LogP contribution is 2.43. The minimum absolute atomic E-state index is 0.111. The maximum atomic E-state index is 12.6. The molecule has 1 rings (SSSR count). The zero-order chi connectivity index (χ0) is 14.8. The van der Waals surface area contributed by atoms with Gasteiger partial charge in [-0.1, -0.05) is 38.1 Å². The Labute approximate surface area is 108 Å². The lowest BCUT2D eigenvalue weighted by molar-refractivity contribution is -0.305. The van der Waals surface area contributed by atoms with Crippen LogP contribution in [-0.2, 0) is 5.60 Å². The van der Waals surface area contributed by atoms with Gasteiger partial charge in [0, 0.05) is 0 Å². The van der Waals surface area contributed by atoms with Gasteiger partial charge >= 0.3 is 6.18 Å². The molecular formula is C13H15F5O. The van der Waals surface area contributed by atoms with Crippen LogP contribution < -0.4 is 0 Å². The van der Waals surface area contributed by atoms with E-state index in [0.29, 0.717) is 0 Å². The summed E-state index contributed by atoms with van der Waals surface area (Å²) in [6, 6.07) is 4.48. The molecule has 19 heavy (non-hydrogen) atoms. The molecule has 0 fully saturated rings. The van der Waals surface area contributed by atoms with Crippen LogP contribution in [0.5, 0.6) is 0 Å². The fraction of sp³-hybridized carbons (Fsp3) is 0.538. The summed E-state index contributed by atoms with van der Waals surface area (Å²) in [7, 11) is 0. The number of alkyl halides is 5. The third-order valence-corrected chi connectivity index (χ3v) is 3.28. The molecule has 0 aromatic heterocycles. The van der Waals surface area contributed by atoms with E-state index >= 15 is 0 Å². The van der Waals surface area contributed by atoms with Crippen LogP contribution in [0.3, 0.4) is 0 Å². The molecule has 6 heteroatoms. The highest BCUT2D eigenvalue weighted by molar-refractivity contribution is 5.30. The zero-order valence-corrected chi connectivity index (χ0v) is 10.5. The van der Waals surface area contributed by atoms with Crippen LogP contribution >= 0.6 is 0 Å². The number of hydrogen-bond donors (Lipinski definition) is 1. The van der Waals surface area contributed by atoms with Gasteiger partial charge in [0.2, 0.25) is 5.60 Å². The molecule has 0 saturated carbocycles. The highest BCUT2D eigenvalue weighted by Gasteiger charge is 2.61. The Balaban J connectivity index is 3.20. The van der Waals surface area contributed by atoms with Crippen LogP contribution in [0.15, 0.2) is 24.3 Å². The summed E-state index contributed by atoms with van der Waals surface area (Å²) in [5, 5.41) is 9.31. The summed E-state index contributed by atoms with van der Waals surface area (Å²) in [6.07, 6.45) is -8.60. The number of benzene rings is 1. The Kier molecular flexibility index (Phi) is 4.55. The molecule has 0 heterocycles. The lowest BCUT2D eigenvalue weighted by Crippen LogP contribution is -2.48. The molecule has 2 unspecified atom stereocenters. The molecule has 108 valence electrons. The summed E-state index contributed by atoms with van der Waals surface area (Å²) in [4.78, 5) is 0. The van der Waals surface area contributed by atoms with E-state index in [4.69, 9.17) is 0 Å². The van der Waals surface area contributed by atoms with Gasteiger partial charge in [0.05, 0.1) is 0 Å². The van der Waals surface area contributed by atoms with Crippen molar-refractivity contribution in [1.82, 2.24) is 0 Å². The molecule has 0 bridgehead atoms. The lowest BCUT2D eigenvalue weighted by atomic mass is 9.90. The van der Waals surface area contributed by atoms with Crippen molar-refractivity contribution in [1.29, 1.82) is 0 Å². The molecule has 1 nitrogen and oxygen atoms in total.